The number of benzene rings is 2. The fourth-order valence-corrected chi connectivity index (χ4v) is 3.34. The molecule has 2 aromatic carbocycles. The first-order valence-corrected chi connectivity index (χ1v) is 8.22. The molecule has 4 nitrogen and oxygen atoms in total. The van der Waals surface area contributed by atoms with Gasteiger partial charge in [-0.25, -0.2) is 0 Å². The summed E-state index contributed by atoms with van der Waals surface area (Å²) in [5.74, 6) is 6.61. The summed E-state index contributed by atoms with van der Waals surface area (Å²) in [7, 11) is 3.25. The summed E-state index contributed by atoms with van der Waals surface area (Å²) in [5.41, 5.74) is 3.28. The van der Waals surface area contributed by atoms with Crippen molar-refractivity contribution >= 4 is 5.91 Å². The number of fused-ring (bicyclic) bond motifs is 1. The zero-order valence-corrected chi connectivity index (χ0v) is 14.7. The molecule has 0 fully saturated rings. The molecule has 0 saturated carbocycles. The molecular formula is C21H21NO3. The van der Waals surface area contributed by atoms with Crippen molar-refractivity contribution in [2.24, 2.45) is 0 Å². The summed E-state index contributed by atoms with van der Waals surface area (Å²) in [5, 5.41) is 0. The highest BCUT2D eigenvalue weighted by molar-refractivity contribution is 5.94. The van der Waals surface area contributed by atoms with Gasteiger partial charge in [-0.15, -0.1) is 0 Å². The number of rotatable bonds is 3. The summed E-state index contributed by atoms with van der Waals surface area (Å²) in [6.07, 6.45) is 0.760. The second kappa shape index (κ2) is 7.31. The van der Waals surface area contributed by atoms with Crippen LogP contribution in [0.1, 0.15) is 29.7 Å². The maximum Gasteiger partial charge on any atom is 0.299 e. The van der Waals surface area contributed by atoms with Gasteiger partial charge in [0.2, 0.25) is 0 Å². The van der Waals surface area contributed by atoms with E-state index in [4.69, 9.17) is 9.47 Å². The number of carbonyl (C=O) groups is 1. The van der Waals surface area contributed by atoms with Crippen molar-refractivity contribution in [2.75, 3.05) is 20.8 Å². The molecule has 0 N–H and O–H groups in total. The number of nitrogens with zero attached hydrogens (tertiary/aromatic N) is 1. The van der Waals surface area contributed by atoms with E-state index in [1.54, 1.807) is 21.1 Å². The van der Waals surface area contributed by atoms with E-state index in [0.717, 1.165) is 17.5 Å². The van der Waals surface area contributed by atoms with Gasteiger partial charge in [-0.05, 0) is 48.1 Å². The lowest BCUT2D eigenvalue weighted by molar-refractivity contribution is -0.127. The summed E-state index contributed by atoms with van der Waals surface area (Å²) < 4.78 is 10.9. The molecule has 3 rings (SSSR count). The first-order valence-electron chi connectivity index (χ1n) is 8.22. The van der Waals surface area contributed by atoms with Crippen LogP contribution in [0.25, 0.3) is 0 Å². The van der Waals surface area contributed by atoms with E-state index in [1.807, 2.05) is 47.4 Å². The molecule has 1 unspecified atom stereocenters. The molecule has 2 aromatic rings. The van der Waals surface area contributed by atoms with Crippen LogP contribution in [0, 0.1) is 11.8 Å². The molecule has 128 valence electrons. The van der Waals surface area contributed by atoms with Crippen LogP contribution in [-0.2, 0) is 11.2 Å². The van der Waals surface area contributed by atoms with Crippen LogP contribution in [0.5, 0.6) is 11.5 Å². The fourth-order valence-electron chi connectivity index (χ4n) is 3.34. The SMILES string of the molecule is CC#CC(=O)N1CCc2cc(OC)c(OC)cc2C1c1ccccc1. The van der Waals surface area contributed by atoms with Crippen molar-refractivity contribution in [1.29, 1.82) is 0 Å². The maximum absolute atomic E-state index is 12.6. The number of ether oxygens (including phenoxy) is 2. The minimum atomic E-state index is -0.182. The van der Waals surface area contributed by atoms with E-state index in [-0.39, 0.29) is 11.9 Å². The second-order valence-electron chi connectivity index (χ2n) is 5.84. The highest BCUT2D eigenvalue weighted by Crippen LogP contribution is 2.40. The topological polar surface area (TPSA) is 38.8 Å². The monoisotopic (exact) mass is 335 g/mol. The Morgan fingerprint density at radius 2 is 1.80 bits per heavy atom. The van der Waals surface area contributed by atoms with Crippen LogP contribution in [-0.4, -0.2) is 31.6 Å². The number of hydrogen-bond acceptors (Lipinski definition) is 3. The van der Waals surface area contributed by atoms with Crippen LogP contribution < -0.4 is 9.47 Å². The lowest BCUT2D eigenvalue weighted by atomic mass is 9.87. The standard InChI is InChI=1S/C21H21NO3/c1-4-8-20(23)22-12-11-16-13-18(24-2)19(25-3)14-17(16)21(22)15-9-6-5-7-10-15/h5-7,9-10,13-14,21H,11-12H2,1-3H3. The lowest BCUT2D eigenvalue weighted by Crippen LogP contribution is -2.40. The Morgan fingerprint density at radius 1 is 1.12 bits per heavy atom. The van der Waals surface area contributed by atoms with Crippen LogP contribution in [0.2, 0.25) is 0 Å². The predicted octanol–water partition coefficient (Wildman–Crippen LogP) is 3.20. The van der Waals surface area contributed by atoms with E-state index in [1.165, 1.54) is 5.56 Å². The minimum Gasteiger partial charge on any atom is -0.493 e. The van der Waals surface area contributed by atoms with Gasteiger partial charge in [-0.2, -0.15) is 0 Å². The van der Waals surface area contributed by atoms with Crippen molar-refractivity contribution in [3.63, 3.8) is 0 Å². The Morgan fingerprint density at radius 3 is 2.44 bits per heavy atom. The zero-order chi connectivity index (χ0) is 17.8. The normalized spacial score (nSPS) is 15.6. The molecule has 1 heterocycles. The number of hydrogen-bond donors (Lipinski definition) is 0. The van der Waals surface area contributed by atoms with E-state index < -0.39 is 0 Å². The molecule has 1 atom stereocenters. The van der Waals surface area contributed by atoms with E-state index in [0.29, 0.717) is 18.0 Å². The Hall–Kier alpha value is -2.93. The van der Waals surface area contributed by atoms with E-state index >= 15 is 0 Å². The summed E-state index contributed by atoms with van der Waals surface area (Å²) in [6, 6.07) is 13.8. The molecule has 0 aromatic heterocycles. The first kappa shape index (κ1) is 16.9. The van der Waals surface area contributed by atoms with Crippen molar-refractivity contribution in [2.45, 2.75) is 19.4 Å². The molecule has 0 spiro atoms. The molecular weight excluding hydrogens is 314 g/mol. The van der Waals surface area contributed by atoms with Gasteiger partial charge in [0.15, 0.2) is 11.5 Å². The first-order chi connectivity index (χ1) is 12.2. The van der Waals surface area contributed by atoms with Crippen LogP contribution in [0.3, 0.4) is 0 Å². The third kappa shape index (κ3) is 3.18. The van der Waals surface area contributed by atoms with Crippen molar-refractivity contribution in [3.8, 4) is 23.3 Å². The second-order valence-corrected chi connectivity index (χ2v) is 5.84. The van der Waals surface area contributed by atoms with Gasteiger partial charge in [0.05, 0.1) is 20.3 Å². The largest absolute Gasteiger partial charge is 0.493 e. The molecule has 0 saturated heterocycles. The maximum atomic E-state index is 12.6. The third-order valence-electron chi connectivity index (χ3n) is 4.48. The molecule has 1 amide bonds. The molecule has 4 heteroatoms. The average molecular weight is 335 g/mol. The highest BCUT2D eigenvalue weighted by Gasteiger charge is 2.32. The lowest BCUT2D eigenvalue weighted by Gasteiger charge is -2.37. The highest BCUT2D eigenvalue weighted by atomic mass is 16.5. The third-order valence-corrected chi connectivity index (χ3v) is 4.48. The van der Waals surface area contributed by atoms with Gasteiger partial charge in [0, 0.05) is 6.54 Å². The summed E-state index contributed by atoms with van der Waals surface area (Å²) >= 11 is 0. The Balaban J connectivity index is 2.16. The van der Waals surface area contributed by atoms with Crippen molar-refractivity contribution in [1.82, 2.24) is 4.90 Å². The summed E-state index contributed by atoms with van der Waals surface area (Å²) in [4.78, 5) is 14.4. The van der Waals surface area contributed by atoms with Gasteiger partial charge in [0.25, 0.3) is 5.91 Å². The zero-order valence-electron chi connectivity index (χ0n) is 14.7. The average Bonchev–Trinajstić information content (AvgIpc) is 2.66. The van der Waals surface area contributed by atoms with Crippen molar-refractivity contribution in [3.05, 3.63) is 59.2 Å². The smallest absolute Gasteiger partial charge is 0.299 e. The molecule has 0 radical (unpaired) electrons. The van der Waals surface area contributed by atoms with Crippen LogP contribution in [0.4, 0.5) is 0 Å². The summed E-state index contributed by atoms with van der Waals surface area (Å²) in [6.45, 7) is 2.30. The van der Waals surface area contributed by atoms with E-state index in [2.05, 4.69) is 11.8 Å². The van der Waals surface area contributed by atoms with E-state index in [9.17, 15) is 4.79 Å². The van der Waals surface area contributed by atoms with Crippen LogP contribution in [0.15, 0.2) is 42.5 Å². The molecule has 1 aliphatic heterocycles. The minimum absolute atomic E-state index is 0.156. The quantitative estimate of drug-likeness (QED) is 0.809. The number of carbonyl (C=O) groups excluding carboxylic acids is 1. The molecule has 25 heavy (non-hydrogen) atoms. The molecule has 0 bridgehead atoms. The fraction of sp³-hybridized carbons (Fsp3) is 0.286. The van der Waals surface area contributed by atoms with Gasteiger partial charge >= 0.3 is 0 Å². The van der Waals surface area contributed by atoms with Crippen molar-refractivity contribution < 1.29 is 14.3 Å². The molecule has 1 aliphatic rings. The van der Waals surface area contributed by atoms with Crippen LogP contribution >= 0.6 is 0 Å². The predicted molar refractivity (Wildman–Crippen MR) is 96.7 cm³/mol. The van der Waals surface area contributed by atoms with Gasteiger partial charge in [-0.3, -0.25) is 4.79 Å². The Labute approximate surface area is 148 Å². The van der Waals surface area contributed by atoms with Gasteiger partial charge < -0.3 is 14.4 Å². The van der Waals surface area contributed by atoms with Gasteiger partial charge in [0.1, 0.15) is 0 Å². The Kier molecular flexibility index (Phi) is 4.95. The number of amides is 1. The van der Waals surface area contributed by atoms with Gasteiger partial charge in [-0.1, -0.05) is 36.3 Å². The number of methoxy groups -OCH3 is 2. The molecule has 0 aliphatic carbocycles. The Bertz CT molecular complexity index is 833.